The minimum atomic E-state index is 0.606. The number of ether oxygens (including phenoxy) is 1. The predicted molar refractivity (Wildman–Crippen MR) is 54.5 cm³/mol. The fraction of sp³-hybridized carbons (Fsp3) is 0.889. The fourth-order valence-electron chi connectivity index (χ4n) is 1.53. The third-order valence-corrected chi connectivity index (χ3v) is 2.60. The van der Waals surface area contributed by atoms with E-state index in [1.165, 1.54) is 25.7 Å². The van der Waals surface area contributed by atoms with Crippen LogP contribution in [0, 0.1) is 0 Å². The number of nitrogens with zero attached hydrogens (tertiary/aromatic N) is 1. The lowest BCUT2D eigenvalue weighted by Crippen LogP contribution is -2.33. The van der Waals surface area contributed by atoms with Gasteiger partial charge in [-0.2, -0.15) is 0 Å². The lowest BCUT2D eigenvalue weighted by Gasteiger charge is -2.22. The van der Waals surface area contributed by atoms with Crippen molar-refractivity contribution < 1.29 is 4.74 Å². The van der Waals surface area contributed by atoms with Gasteiger partial charge >= 0.3 is 0 Å². The molecular weight excluding hydrogens is 170 g/mol. The Bertz CT molecular complexity index is 141. The summed E-state index contributed by atoms with van der Waals surface area (Å²) in [6.07, 6.45) is 5.27. The summed E-state index contributed by atoms with van der Waals surface area (Å²) in [6, 6.07) is 0. The summed E-state index contributed by atoms with van der Waals surface area (Å²) in [5.74, 6) is 0. The molecule has 0 atom stereocenters. The summed E-state index contributed by atoms with van der Waals surface area (Å²) in [4.78, 5) is 3.26. The number of hydrogen-bond acceptors (Lipinski definition) is 2. The highest BCUT2D eigenvalue weighted by atomic mass is 32.1. The maximum atomic E-state index is 5.23. The molecule has 0 radical (unpaired) electrons. The van der Waals surface area contributed by atoms with Gasteiger partial charge in [-0.25, -0.2) is 0 Å². The summed E-state index contributed by atoms with van der Waals surface area (Å²) < 4.78 is 5.01. The molecule has 0 aliphatic carbocycles. The van der Waals surface area contributed by atoms with Crippen LogP contribution in [0.3, 0.4) is 0 Å². The molecule has 0 aromatic rings. The Labute approximate surface area is 79.9 Å². The summed E-state index contributed by atoms with van der Waals surface area (Å²) in [7, 11) is 1.70. The van der Waals surface area contributed by atoms with Crippen LogP contribution in [0.4, 0.5) is 0 Å². The minimum absolute atomic E-state index is 0.606. The van der Waals surface area contributed by atoms with Crippen LogP contribution in [-0.4, -0.2) is 36.7 Å². The van der Waals surface area contributed by atoms with Crippen molar-refractivity contribution in [2.75, 3.05) is 26.8 Å². The lowest BCUT2D eigenvalue weighted by atomic mass is 10.2. The van der Waals surface area contributed by atoms with E-state index in [4.69, 9.17) is 17.0 Å². The highest BCUT2D eigenvalue weighted by Gasteiger charge is 2.11. The Morgan fingerprint density at radius 2 is 1.83 bits per heavy atom. The van der Waals surface area contributed by atoms with Crippen LogP contribution < -0.4 is 0 Å². The average Bonchev–Trinajstić information content (AvgIpc) is 2.32. The van der Waals surface area contributed by atoms with Gasteiger partial charge in [0.1, 0.15) is 4.99 Å². The van der Waals surface area contributed by atoms with E-state index in [2.05, 4.69) is 4.90 Å². The van der Waals surface area contributed by atoms with Crippen molar-refractivity contribution in [1.82, 2.24) is 4.90 Å². The van der Waals surface area contributed by atoms with Crippen LogP contribution >= 0.6 is 12.2 Å². The van der Waals surface area contributed by atoms with Gasteiger partial charge in [0.05, 0.1) is 6.61 Å². The standard InChI is InChI=1S/C9H17NOS/c1-11-8-9(12)10-6-4-2-3-5-7-10/h2-8H2,1H3. The van der Waals surface area contributed by atoms with Crippen LogP contribution in [0.15, 0.2) is 0 Å². The van der Waals surface area contributed by atoms with Crippen LogP contribution in [0.25, 0.3) is 0 Å². The van der Waals surface area contributed by atoms with Gasteiger partial charge in [0.25, 0.3) is 0 Å². The van der Waals surface area contributed by atoms with Crippen molar-refractivity contribution in [3.05, 3.63) is 0 Å². The summed E-state index contributed by atoms with van der Waals surface area (Å²) in [5.41, 5.74) is 0. The van der Waals surface area contributed by atoms with Gasteiger partial charge in [-0.15, -0.1) is 0 Å². The zero-order valence-corrected chi connectivity index (χ0v) is 8.53. The van der Waals surface area contributed by atoms with E-state index in [9.17, 15) is 0 Å². The average molecular weight is 187 g/mol. The van der Waals surface area contributed by atoms with Gasteiger partial charge < -0.3 is 9.64 Å². The molecule has 1 aliphatic heterocycles. The summed E-state index contributed by atoms with van der Waals surface area (Å²) in [6.45, 7) is 2.86. The molecule has 2 nitrogen and oxygen atoms in total. The van der Waals surface area contributed by atoms with E-state index >= 15 is 0 Å². The zero-order valence-electron chi connectivity index (χ0n) is 7.71. The molecule has 1 rings (SSSR count). The maximum Gasteiger partial charge on any atom is 0.104 e. The molecule has 0 bridgehead atoms. The van der Waals surface area contributed by atoms with E-state index in [1.807, 2.05) is 0 Å². The highest BCUT2D eigenvalue weighted by Crippen LogP contribution is 2.10. The number of methoxy groups -OCH3 is 1. The highest BCUT2D eigenvalue weighted by molar-refractivity contribution is 7.80. The molecule has 0 amide bonds. The number of thiocarbonyl (C=S) groups is 1. The topological polar surface area (TPSA) is 12.5 Å². The molecule has 0 aromatic heterocycles. The van der Waals surface area contributed by atoms with E-state index in [0.717, 1.165) is 18.1 Å². The smallest absolute Gasteiger partial charge is 0.104 e. The van der Waals surface area contributed by atoms with Crippen molar-refractivity contribution in [3.8, 4) is 0 Å². The second-order valence-corrected chi connectivity index (χ2v) is 3.70. The van der Waals surface area contributed by atoms with E-state index in [0.29, 0.717) is 6.61 Å². The van der Waals surface area contributed by atoms with Crippen molar-refractivity contribution in [2.45, 2.75) is 25.7 Å². The molecule has 1 heterocycles. The molecular formula is C9H17NOS. The molecule has 3 heteroatoms. The Morgan fingerprint density at radius 3 is 2.33 bits per heavy atom. The first-order chi connectivity index (χ1) is 5.84. The van der Waals surface area contributed by atoms with Gasteiger partial charge in [0, 0.05) is 20.2 Å². The maximum absolute atomic E-state index is 5.23. The molecule has 0 saturated carbocycles. The van der Waals surface area contributed by atoms with Crippen molar-refractivity contribution in [1.29, 1.82) is 0 Å². The van der Waals surface area contributed by atoms with Gasteiger partial charge in [0.15, 0.2) is 0 Å². The van der Waals surface area contributed by atoms with Crippen LogP contribution in [0.2, 0.25) is 0 Å². The third kappa shape index (κ3) is 3.07. The number of rotatable bonds is 2. The Hall–Kier alpha value is -0.150. The molecule has 1 fully saturated rings. The van der Waals surface area contributed by atoms with Gasteiger partial charge in [0.2, 0.25) is 0 Å². The Balaban J connectivity index is 2.32. The first kappa shape index (κ1) is 9.93. The normalized spacial score (nSPS) is 18.9. The van der Waals surface area contributed by atoms with E-state index in [1.54, 1.807) is 7.11 Å². The number of hydrogen-bond donors (Lipinski definition) is 0. The summed E-state index contributed by atoms with van der Waals surface area (Å²) >= 11 is 5.23. The van der Waals surface area contributed by atoms with E-state index < -0.39 is 0 Å². The Kier molecular flexibility index (Phi) is 4.54. The largest absolute Gasteiger partial charge is 0.378 e. The second-order valence-electron chi connectivity index (χ2n) is 3.23. The monoisotopic (exact) mass is 187 g/mol. The first-order valence-electron chi connectivity index (χ1n) is 4.61. The molecule has 0 spiro atoms. The minimum Gasteiger partial charge on any atom is -0.378 e. The molecule has 0 aromatic carbocycles. The Morgan fingerprint density at radius 1 is 1.25 bits per heavy atom. The lowest BCUT2D eigenvalue weighted by molar-refractivity contribution is 0.233. The van der Waals surface area contributed by atoms with Crippen LogP contribution in [0.5, 0.6) is 0 Å². The molecule has 0 N–H and O–H groups in total. The quantitative estimate of drug-likeness (QED) is 0.612. The number of likely N-dealkylation sites (tertiary alicyclic amines) is 1. The van der Waals surface area contributed by atoms with Crippen LogP contribution in [0.1, 0.15) is 25.7 Å². The first-order valence-corrected chi connectivity index (χ1v) is 5.02. The fourth-order valence-corrected chi connectivity index (χ4v) is 1.84. The third-order valence-electron chi connectivity index (χ3n) is 2.23. The molecule has 70 valence electrons. The van der Waals surface area contributed by atoms with Gasteiger partial charge in [-0.3, -0.25) is 0 Å². The van der Waals surface area contributed by atoms with Crippen molar-refractivity contribution in [3.63, 3.8) is 0 Å². The molecule has 12 heavy (non-hydrogen) atoms. The van der Waals surface area contributed by atoms with Crippen molar-refractivity contribution in [2.24, 2.45) is 0 Å². The predicted octanol–water partition coefficient (Wildman–Crippen LogP) is 1.84. The van der Waals surface area contributed by atoms with Crippen molar-refractivity contribution >= 4 is 17.2 Å². The van der Waals surface area contributed by atoms with Crippen LogP contribution in [-0.2, 0) is 4.74 Å². The molecule has 0 unspecified atom stereocenters. The molecule has 1 aliphatic rings. The zero-order chi connectivity index (χ0) is 8.81. The van der Waals surface area contributed by atoms with Gasteiger partial charge in [-0.05, 0) is 12.8 Å². The second kappa shape index (κ2) is 5.49. The summed E-state index contributed by atoms with van der Waals surface area (Å²) in [5, 5.41) is 0. The van der Waals surface area contributed by atoms with E-state index in [-0.39, 0.29) is 0 Å². The SMILES string of the molecule is COCC(=S)N1CCCCCC1. The molecule has 1 saturated heterocycles. The van der Waals surface area contributed by atoms with Gasteiger partial charge in [-0.1, -0.05) is 25.1 Å².